The Morgan fingerprint density at radius 1 is 1.55 bits per heavy atom. The van der Waals surface area contributed by atoms with Crippen LogP contribution >= 0.6 is 0 Å². The van der Waals surface area contributed by atoms with Gasteiger partial charge in [-0.2, -0.15) is 0 Å². The molecule has 1 rings (SSSR count). The molecule has 0 aromatic heterocycles. The number of aryl methyl sites for hydroxylation is 1. The fourth-order valence-electron chi connectivity index (χ4n) is 0.895. The van der Waals surface area contributed by atoms with Crippen molar-refractivity contribution in [3.05, 3.63) is 29.3 Å². The predicted molar refractivity (Wildman–Crippen MR) is 47.9 cm³/mol. The summed E-state index contributed by atoms with van der Waals surface area (Å²) in [5.41, 5.74) is 7.95. The third-order valence-corrected chi connectivity index (χ3v) is 1.79. The highest BCUT2D eigenvalue weighted by Gasteiger charge is 1.99. The van der Waals surface area contributed by atoms with E-state index < -0.39 is 0 Å². The largest absolute Gasteiger partial charge is 0.366 e. The maximum absolute atomic E-state index is 10.7. The molecule has 0 aliphatic carbocycles. The minimum absolute atomic E-state index is 0.367. The fraction of sp³-hybridized carbons (Fsp3) is 0.125. The van der Waals surface area contributed by atoms with Crippen molar-refractivity contribution in [1.29, 1.82) is 0 Å². The van der Waals surface area contributed by atoms with E-state index in [4.69, 9.17) is 5.73 Å². The van der Waals surface area contributed by atoms with Crippen LogP contribution in [0.25, 0.3) is 0 Å². The van der Waals surface area contributed by atoms with Crippen molar-refractivity contribution in [2.24, 2.45) is 5.73 Å². The highest BCUT2D eigenvalue weighted by Crippen LogP contribution is 1.98. The van der Waals surface area contributed by atoms with Crippen LogP contribution < -0.4 is 11.2 Å². The van der Waals surface area contributed by atoms with Crippen LogP contribution in [0.5, 0.6) is 0 Å². The highest BCUT2D eigenvalue weighted by molar-refractivity contribution is 6.33. The zero-order valence-electron chi connectivity index (χ0n) is 6.72. The summed E-state index contributed by atoms with van der Waals surface area (Å²) in [7, 11) is 1.96. The first-order chi connectivity index (χ1) is 5.11. The van der Waals surface area contributed by atoms with E-state index in [1.807, 2.05) is 20.8 Å². The number of benzene rings is 1. The number of primary amides is 1. The second-order valence-electron chi connectivity index (χ2n) is 2.66. The summed E-state index contributed by atoms with van der Waals surface area (Å²) in [4.78, 5) is 10.7. The van der Waals surface area contributed by atoms with Crippen LogP contribution in [0, 0.1) is 6.92 Å². The summed E-state index contributed by atoms with van der Waals surface area (Å²) in [6, 6.07) is 5.44. The molecule has 2 N–H and O–H groups in total. The van der Waals surface area contributed by atoms with Gasteiger partial charge in [0.2, 0.25) is 5.91 Å². The van der Waals surface area contributed by atoms with E-state index in [0.717, 1.165) is 5.46 Å². The van der Waals surface area contributed by atoms with Crippen LogP contribution in [0.1, 0.15) is 15.9 Å². The molecule has 0 bridgehead atoms. The van der Waals surface area contributed by atoms with Gasteiger partial charge in [-0.3, -0.25) is 4.79 Å². The van der Waals surface area contributed by atoms with Gasteiger partial charge in [-0.05, 0) is 13.0 Å². The lowest BCUT2D eigenvalue weighted by atomic mass is 9.89. The summed E-state index contributed by atoms with van der Waals surface area (Å²) in [6.07, 6.45) is 0. The molecule has 0 saturated carbocycles. The summed E-state index contributed by atoms with van der Waals surface area (Å²) in [6.45, 7) is 2.00. The molecule has 0 heterocycles. The lowest BCUT2D eigenvalue weighted by molar-refractivity contribution is 0.100. The normalized spacial score (nSPS) is 9.55. The average molecular weight is 147 g/mol. The Labute approximate surface area is 66.8 Å². The van der Waals surface area contributed by atoms with Crippen molar-refractivity contribution >= 4 is 19.2 Å². The molecule has 1 aromatic rings. The van der Waals surface area contributed by atoms with E-state index in [0.29, 0.717) is 5.56 Å². The van der Waals surface area contributed by atoms with E-state index >= 15 is 0 Å². The van der Waals surface area contributed by atoms with E-state index in [2.05, 4.69) is 0 Å². The van der Waals surface area contributed by atoms with Crippen molar-refractivity contribution < 1.29 is 4.79 Å². The lowest BCUT2D eigenvalue weighted by Crippen LogP contribution is -2.16. The van der Waals surface area contributed by atoms with Gasteiger partial charge in [-0.25, -0.2) is 0 Å². The van der Waals surface area contributed by atoms with E-state index in [1.54, 1.807) is 12.1 Å². The zero-order chi connectivity index (χ0) is 8.43. The molecule has 0 fully saturated rings. The zero-order valence-corrected chi connectivity index (χ0v) is 6.72. The molecule has 0 aliphatic heterocycles. The number of hydrogen-bond acceptors (Lipinski definition) is 1. The predicted octanol–water partition coefficient (Wildman–Crippen LogP) is -0.648. The summed E-state index contributed by atoms with van der Waals surface area (Å²) in [5.74, 6) is -0.367. The van der Waals surface area contributed by atoms with Gasteiger partial charge < -0.3 is 5.73 Å². The van der Waals surface area contributed by atoms with Crippen molar-refractivity contribution in [3.63, 3.8) is 0 Å². The van der Waals surface area contributed by atoms with Crippen LogP contribution in [0.2, 0.25) is 0 Å². The molecule has 0 saturated heterocycles. The van der Waals surface area contributed by atoms with E-state index in [9.17, 15) is 4.79 Å². The number of amides is 1. The maximum atomic E-state index is 10.7. The number of rotatable bonds is 1. The third kappa shape index (κ3) is 1.61. The number of hydrogen-bond donors (Lipinski definition) is 1. The molecule has 11 heavy (non-hydrogen) atoms. The molecular formula is C8H10BNO. The van der Waals surface area contributed by atoms with E-state index in [-0.39, 0.29) is 5.91 Å². The highest BCUT2D eigenvalue weighted by atomic mass is 16.1. The quantitative estimate of drug-likeness (QED) is 0.527. The van der Waals surface area contributed by atoms with Gasteiger partial charge in [-0.15, -0.1) is 0 Å². The minimum atomic E-state index is -0.367. The molecule has 0 spiro atoms. The SMILES string of the molecule is Bc1cc(C(N)=O)ccc1C. The molecule has 1 aromatic carbocycles. The lowest BCUT2D eigenvalue weighted by Gasteiger charge is -2.00. The second-order valence-corrected chi connectivity index (χ2v) is 2.66. The van der Waals surface area contributed by atoms with Gasteiger partial charge in [0.05, 0.1) is 0 Å². The van der Waals surface area contributed by atoms with Crippen LogP contribution in [0.15, 0.2) is 18.2 Å². The van der Waals surface area contributed by atoms with Gasteiger partial charge in [-0.1, -0.05) is 23.2 Å². The van der Waals surface area contributed by atoms with Crippen LogP contribution in [-0.4, -0.2) is 13.8 Å². The number of carbonyl (C=O) groups is 1. The Morgan fingerprint density at radius 2 is 2.18 bits per heavy atom. The molecule has 2 nitrogen and oxygen atoms in total. The molecule has 56 valence electrons. The smallest absolute Gasteiger partial charge is 0.248 e. The van der Waals surface area contributed by atoms with Gasteiger partial charge in [0.25, 0.3) is 0 Å². The maximum Gasteiger partial charge on any atom is 0.248 e. The molecule has 0 atom stereocenters. The molecular weight excluding hydrogens is 137 g/mol. The Morgan fingerprint density at radius 3 is 2.64 bits per heavy atom. The Hall–Kier alpha value is -1.25. The van der Waals surface area contributed by atoms with Crippen LogP contribution in [0.3, 0.4) is 0 Å². The third-order valence-electron chi connectivity index (χ3n) is 1.79. The monoisotopic (exact) mass is 147 g/mol. The first kappa shape index (κ1) is 7.86. The topological polar surface area (TPSA) is 43.1 Å². The molecule has 3 heteroatoms. The first-order valence-electron chi connectivity index (χ1n) is 3.48. The number of nitrogens with two attached hydrogens (primary N) is 1. The Bertz CT molecular complexity index is 296. The molecule has 1 amide bonds. The second kappa shape index (κ2) is 2.78. The number of carbonyl (C=O) groups excluding carboxylic acids is 1. The van der Waals surface area contributed by atoms with Gasteiger partial charge in [0, 0.05) is 5.56 Å². The Balaban J connectivity index is 3.15. The minimum Gasteiger partial charge on any atom is -0.366 e. The first-order valence-corrected chi connectivity index (χ1v) is 3.48. The van der Waals surface area contributed by atoms with Crippen molar-refractivity contribution in [2.75, 3.05) is 0 Å². The van der Waals surface area contributed by atoms with Crippen LogP contribution in [0.4, 0.5) is 0 Å². The average Bonchev–Trinajstić information content (AvgIpc) is 1.94. The van der Waals surface area contributed by atoms with Crippen molar-refractivity contribution in [1.82, 2.24) is 0 Å². The van der Waals surface area contributed by atoms with Gasteiger partial charge in [0.1, 0.15) is 7.85 Å². The summed E-state index contributed by atoms with van der Waals surface area (Å²) >= 11 is 0. The van der Waals surface area contributed by atoms with Gasteiger partial charge in [0.15, 0.2) is 0 Å². The summed E-state index contributed by atoms with van der Waals surface area (Å²) < 4.78 is 0. The van der Waals surface area contributed by atoms with Crippen molar-refractivity contribution in [3.8, 4) is 0 Å². The van der Waals surface area contributed by atoms with E-state index in [1.165, 1.54) is 5.56 Å². The van der Waals surface area contributed by atoms with Crippen molar-refractivity contribution in [2.45, 2.75) is 6.92 Å². The molecule has 0 aliphatic rings. The Kier molecular flexibility index (Phi) is 1.99. The standard InChI is InChI=1S/C8H10BNO/c1-5-2-3-6(8(10)11)4-7(5)9/h2-4H,9H2,1H3,(H2,10,11). The molecule has 0 radical (unpaired) electrons. The molecule has 0 unspecified atom stereocenters. The fourth-order valence-corrected chi connectivity index (χ4v) is 0.895. The van der Waals surface area contributed by atoms with Gasteiger partial charge >= 0.3 is 0 Å². The summed E-state index contributed by atoms with van der Waals surface area (Å²) in [5, 5.41) is 0. The van der Waals surface area contributed by atoms with Crippen LogP contribution in [-0.2, 0) is 0 Å².